The number of thioether (sulfide) groups is 1. The highest BCUT2D eigenvalue weighted by Crippen LogP contribution is 2.36. The smallest absolute Gasteiger partial charge is 0.251 e. The number of amides is 2. The number of hydrogen-bond acceptors (Lipinski definition) is 5. The fourth-order valence-electron chi connectivity index (χ4n) is 2.55. The third kappa shape index (κ3) is 5.17. The van der Waals surface area contributed by atoms with E-state index in [1.807, 2.05) is 12.1 Å². The van der Waals surface area contributed by atoms with E-state index in [-0.39, 0.29) is 11.8 Å². The molecule has 1 aliphatic rings. The van der Waals surface area contributed by atoms with E-state index in [9.17, 15) is 9.59 Å². The maximum absolute atomic E-state index is 12.2. The van der Waals surface area contributed by atoms with Gasteiger partial charge < -0.3 is 20.1 Å². The summed E-state index contributed by atoms with van der Waals surface area (Å²) in [5.74, 6) is 2.10. The Bertz CT molecular complexity index is 860. The predicted molar refractivity (Wildman–Crippen MR) is 110 cm³/mol. The second kappa shape index (κ2) is 9.14. The van der Waals surface area contributed by atoms with Crippen LogP contribution in [0.5, 0.6) is 11.5 Å². The van der Waals surface area contributed by atoms with Crippen LogP contribution in [0, 0.1) is 0 Å². The lowest BCUT2D eigenvalue weighted by Crippen LogP contribution is -2.19. The molecule has 3 rings (SSSR count). The SMILES string of the molecule is CNC(=O)c1cccc(NC(=O)CSCc2cc3c(cc2Br)OCCO3)c1. The third-order valence-corrected chi connectivity index (χ3v) is 5.56. The maximum atomic E-state index is 12.2. The average molecular weight is 451 g/mol. The first-order valence-corrected chi connectivity index (χ1v) is 10.3. The van der Waals surface area contributed by atoms with Crippen LogP contribution >= 0.6 is 27.7 Å². The van der Waals surface area contributed by atoms with Gasteiger partial charge in [0.05, 0.1) is 5.75 Å². The van der Waals surface area contributed by atoms with E-state index in [4.69, 9.17) is 9.47 Å². The van der Waals surface area contributed by atoms with Crippen molar-refractivity contribution in [1.82, 2.24) is 5.32 Å². The Kier molecular flexibility index (Phi) is 6.63. The molecule has 0 aliphatic carbocycles. The first-order valence-electron chi connectivity index (χ1n) is 8.34. The number of fused-ring (bicyclic) bond motifs is 1. The number of halogens is 1. The number of rotatable bonds is 6. The number of anilines is 1. The van der Waals surface area contributed by atoms with Crippen LogP contribution < -0.4 is 20.1 Å². The summed E-state index contributed by atoms with van der Waals surface area (Å²) in [6, 6.07) is 10.7. The van der Waals surface area contributed by atoms with E-state index in [2.05, 4.69) is 26.6 Å². The summed E-state index contributed by atoms with van der Waals surface area (Å²) in [5.41, 5.74) is 2.14. The van der Waals surface area contributed by atoms with Crippen molar-refractivity contribution in [3.05, 3.63) is 52.0 Å². The Morgan fingerprint density at radius 3 is 2.63 bits per heavy atom. The van der Waals surface area contributed by atoms with Crippen LogP contribution in [0.2, 0.25) is 0 Å². The Morgan fingerprint density at radius 1 is 1.15 bits per heavy atom. The molecule has 1 heterocycles. The molecule has 8 heteroatoms. The molecule has 1 aliphatic heterocycles. The van der Waals surface area contributed by atoms with Crippen molar-refractivity contribution in [2.24, 2.45) is 0 Å². The first-order chi connectivity index (χ1) is 13.1. The number of hydrogen-bond donors (Lipinski definition) is 2. The first kappa shape index (κ1) is 19.6. The van der Waals surface area contributed by atoms with Gasteiger partial charge in [-0.15, -0.1) is 11.8 Å². The lowest BCUT2D eigenvalue weighted by Gasteiger charge is -2.19. The van der Waals surface area contributed by atoms with Crippen molar-refractivity contribution in [2.75, 3.05) is 31.3 Å². The normalized spacial score (nSPS) is 12.4. The van der Waals surface area contributed by atoms with Gasteiger partial charge in [-0.3, -0.25) is 9.59 Å². The minimum absolute atomic E-state index is 0.122. The van der Waals surface area contributed by atoms with E-state index in [1.165, 1.54) is 11.8 Å². The molecule has 0 spiro atoms. The predicted octanol–water partition coefficient (Wildman–Crippen LogP) is 3.45. The van der Waals surface area contributed by atoms with Crippen molar-refractivity contribution in [3.8, 4) is 11.5 Å². The Labute approximate surface area is 170 Å². The van der Waals surface area contributed by atoms with Crippen LogP contribution in [-0.4, -0.2) is 37.8 Å². The fourth-order valence-corrected chi connectivity index (χ4v) is 4.02. The molecular weight excluding hydrogens is 432 g/mol. The molecule has 27 heavy (non-hydrogen) atoms. The molecule has 0 saturated heterocycles. The average Bonchev–Trinajstić information content (AvgIpc) is 2.68. The molecule has 0 unspecified atom stereocenters. The van der Waals surface area contributed by atoms with Gasteiger partial charge in [-0.1, -0.05) is 22.0 Å². The van der Waals surface area contributed by atoms with Crippen LogP contribution in [-0.2, 0) is 10.5 Å². The molecule has 2 aromatic carbocycles. The molecule has 0 radical (unpaired) electrons. The summed E-state index contributed by atoms with van der Waals surface area (Å²) in [6.45, 7) is 1.09. The fraction of sp³-hybridized carbons (Fsp3) is 0.263. The van der Waals surface area contributed by atoms with Gasteiger partial charge in [0.1, 0.15) is 13.2 Å². The zero-order chi connectivity index (χ0) is 19.2. The molecule has 0 aromatic heterocycles. The lowest BCUT2D eigenvalue weighted by atomic mass is 10.2. The zero-order valence-electron chi connectivity index (χ0n) is 14.7. The third-order valence-electron chi connectivity index (χ3n) is 3.84. The largest absolute Gasteiger partial charge is 0.486 e. The summed E-state index contributed by atoms with van der Waals surface area (Å²) in [5, 5.41) is 5.38. The maximum Gasteiger partial charge on any atom is 0.251 e. The van der Waals surface area contributed by atoms with Gasteiger partial charge in [-0.05, 0) is 35.9 Å². The number of benzene rings is 2. The molecule has 0 atom stereocenters. The summed E-state index contributed by atoms with van der Waals surface area (Å²) in [6.07, 6.45) is 0. The zero-order valence-corrected chi connectivity index (χ0v) is 17.1. The van der Waals surface area contributed by atoms with Crippen molar-refractivity contribution >= 4 is 45.2 Å². The van der Waals surface area contributed by atoms with Gasteiger partial charge in [0, 0.05) is 28.5 Å². The van der Waals surface area contributed by atoms with Crippen molar-refractivity contribution in [1.29, 1.82) is 0 Å². The molecule has 0 saturated carbocycles. The van der Waals surface area contributed by atoms with Gasteiger partial charge in [0.15, 0.2) is 11.5 Å². The minimum atomic E-state index is -0.191. The molecule has 0 fully saturated rings. The molecule has 2 N–H and O–H groups in total. The molecule has 0 bridgehead atoms. The van der Waals surface area contributed by atoms with E-state index in [0.717, 1.165) is 21.5 Å². The summed E-state index contributed by atoms with van der Waals surface area (Å²) < 4.78 is 12.1. The number of ether oxygens (including phenoxy) is 2. The topological polar surface area (TPSA) is 76.7 Å². The van der Waals surface area contributed by atoms with E-state index in [0.29, 0.717) is 36.0 Å². The molecule has 2 aromatic rings. The van der Waals surface area contributed by atoms with Gasteiger partial charge in [0.2, 0.25) is 5.91 Å². The second-order valence-electron chi connectivity index (χ2n) is 5.79. The van der Waals surface area contributed by atoms with Crippen LogP contribution in [0.15, 0.2) is 40.9 Å². The van der Waals surface area contributed by atoms with Crippen LogP contribution in [0.25, 0.3) is 0 Å². The molecule has 6 nitrogen and oxygen atoms in total. The van der Waals surface area contributed by atoms with Gasteiger partial charge in [-0.25, -0.2) is 0 Å². The molecule has 142 valence electrons. The van der Waals surface area contributed by atoms with Crippen molar-refractivity contribution in [3.63, 3.8) is 0 Å². The van der Waals surface area contributed by atoms with Gasteiger partial charge >= 0.3 is 0 Å². The summed E-state index contributed by atoms with van der Waals surface area (Å²) >= 11 is 5.03. The Hall–Kier alpha value is -2.19. The minimum Gasteiger partial charge on any atom is -0.486 e. The van der Waals surface area contributed by atoms with E-state index >= 15 is 0 Å². The Morgan fingerprint density at radius 2 is 1.89 bits per heavy atom. The Balaban J connectivity index is 1.54. The second-order valence-corrected chi connectivity index (χ2v) is 7.63. The quantitative estimate of drug-likeness (QED) is 0.704. The highest BCUT2D eigenvalue weighted by atomic mass is 79.9. The van der Waals surface area contributed by atoms with Crippen molar-refractivity contribution < 1.29 is 19.1 Å². The monoisotopic (exact) mass is 450 g/mol. The van der Waals surface area contributed by atoms with Crippen LogP contribution in [0.3, 0.4) is 0 Å². The van der Waals surface area contributed by atoms with Crippen LogP contribution in [0.4, 0.5) is 5.69 Å². The number of carbonyl (C=O) groups is 2. The van der Waals surface area contributed by atoms with Gasteiger partial charge in [-0.2, -0.15) is 0 Å². The van der Waals surface area contributed by atoms with Crippen LogP contribution in [0.1, 0.15) is 15.9 Å². The summed E-state index contributed by atoms with van der Waals surface area (Å²) in [4.78, 5) is 23.8. The highest BCUT2D eigenvalue weighted by molar-refractivity contribution is 9.10. The number of carbonyl (C=O) groups excluding carboxylic acids is 2. The summed E-state index contributed by atoms with van der Waals surface area (Å²) in [7, 11) is 1.57. The highest BCUT2D eigenvalue weighted by Gasteiger charge is 2.15. The van der Waals surface area contributed by atoms with Gasteiger partial charge in [0.25, 0.3) is 5.91 Å². The standard InChI is InChI=1S/C19H19BrN2O4S/c1-21-19(24)12-3-2-4-14(7-12)22-18(23)11-27-10-13-8-16-17(9-15(13)20)26-6-5-25-16/h2-4,7-9H,5-6,10-11H2,1H3,(H,21,24)(H,22,23). The van der Waals surface area contributed by atoms with Crippen molar-refractivity contribution in [2.45, 2.75) is 5.75 Å². The molecule has 2 amide bonds. The van der Waals surface area contributed by atoms with E-state index < -0.39 is 0 Å². The van der Waals surface area contributed by atoms with E-state index in [1.54, 1.807) is 31.3 Å². The lowest BCUT2D eigenvalue weighted by molar-refractivity contribution is -0.113. The molecular formula is C19H19BrN2O4S. The number of nitrogens with one attached hydrogen (secondary N) is 2.